The highest BCUT2D eigenvalue weighted by Gasteiger charge is 2.14. The van der Waals surface area contributed by atoms with E-state index in [1.54, 1.807) is 30.5 Å². The quantitative estimate of drug-likeness (QED) is 0.679. The van der Waals surface area contributed by atoms with E-state index < -0.39 is 6.09 Å². The van der Waals surface area contributed by atoms with E-state index in [4.69, 9.17) is 9.47 Å². The zero-order valence-electron chi connectivity index (χ0n) is 13.3. The summed E-state index contributed by atoms with van der Waals surface area (Å²) in [5, 5.41) is 0. The molecular formula is C17H14N4O4. The predicted molar refractivity (Wildman–Crippen MR) is 88.5 cm³/mol. The van der Waals surface area contributed by atoms with Gasteiger partial charge in [0.05, 0.1) is 7.11 Å². The van der Waals surface area contributed by atoms with Gasteiger partial charge in [-0.3, -0.25) is 9.36 Å². The Morgan fingerprint density at radius 2 is 1.80 bits per heavy atom. The number of aromatic nitrogens is 4. The summed E-state index contributed by atoms with van der Waals surface area (Å²) in [5.41, 5.74) is 0.590. The number of rotatable bonds is 4. The molecule has 3 rings (SSSR count). The lowest BCUT2D eigenvalue weighted by molar-refractivity contribution is 0.0969. The van der Waals surface area contributed by atoms with Gasteiger partial charge in [0.1, 0.15) is 12.7 Å². The van der Waals surface area contributed by atoms with Crippen molar-refractivity contribution in [3.63, 3.8) is 0 Å². The minimum absolute atomic E-state index is 0.235. The molecule has 0 aliphatic heterocycles. The van der Waals surface area contributed by atoms with Crippen molar-refractivity contribution < 1.29 is 19.1 Å². The summed E-state index contributed by atoms with van der Waals surface area (Å²) in [6.45, 7) is 0. The van der Waals surface area contributed by atoms with Gasteiger partial charge in [0.15, 0.2) is 11.5 Å². The summed E-state index contributed by atoms with van der Waals surface area (Å²) in [6.07, 6.45) is 11.1. The highest BCUT2D eigenvalue weighted by atomic mass is 16.6. The number of para-hydroxylation sites is 1. The number of methoxy groups -OCH3 is 1. The minimum Gasteiger partial charge on any atom is -0.492 e. The van der Waals surface area contributed by atoms with Crippen LogP contribution in [0.15, 0.2) is 61.7 Å². The fraction of sp³-hybridized carbons (Fsp3) is 0.0588. The molecule has 1 aromatic carbocycles. The predicted octanol–water partition coefficient (Wildman–Crippen LogP) is 2.49. The molecule has 0 bridgehead atoms. The fourth-order valence-corrected chi connectivity index (χ4v) is 2.11. The third-order valence-electron chi connectivity index (χ3n) is 3.29. The van der Waals surface area contributed by atoms with Crippen molar-refractivity contribution in [2.24, 2.45) is 0 Å². The summed E-state index contributed by atoms with van der Waals surface area (Å²) < 4.78 is 13.2. The van der Waals surface area contributed by atoms with Gasteiger partial charge in [0, 0.05) is 36.4 Å². The molecule has 0 saturated heterocycles. The smallest absolute Gasteiger partial charge is 0.424 e. The molecule has 0 fully saturated rings. The molecule has 0 atom stereocenters. The van der Waals surface area contributed by atoms with Crippen LogP contribution in [0.3, 0.4) is 0 Å². The maximum absolute atomic E-state index is 12.0. The zero-order valence-corrected chi connectivity index (χ0v) is 13.3. The highest BCUT2D eigenvalue weighted by Crippen LogP contribution is 2.32. The standard InChI is InChI=1S/C17H14N4O4/c1-24-16-13(5-6-15(22)20-9-7-18-11-20)3-2-4-14(16)25-17(23)21-10-8-19-12-21/h2-12H,1H3/b6-5+. The second-order valence-corrected chi connectivity index (χ2v) is 4.86. The lowest BCUT2D eigenvalue weighted by atomic mass is 10.1. The van der Waals surface area contributed by atoms with E-state index in [2.05, 4.69) is 9.97 Å². The van der Waals surface area contributed by atoms with Crippen molar-refractivity contribution in [2.75, 3.05) is 7.11 Å². The van der Waals surface area contributed by atoms with Crippen molar-refractivity contribution in [3.8, 4) is 11.5 Å². The van der Waals surface area contributed by atoms with Crippen LogP contribution in [0.5, 0.6) is 11.5 Å². The first-order valence-corrected chi connectivity index (χ1v) is 7.26. The van der Waals surface area contributed by atoms with E-state index in [1.165, 1.54) is 53.6 Å². The first-order valence-electron chi connectivity index (χ1n) is 7.26. The third-order valence-corrected chi connectivity index (χ3v) is 3.29. The van der Waals surface area contributed by atoms with Crippen LogP contribution in [-0.4, -0.2) is 38.2 Å². The second-order valence-electron chi connectivity index (χ2n) is 4.86. The lowest BCUT2D eigenvalue weighted by Gasteiger charge is -2.11. The van der Waals surface area contributed by atoms with Crippen LogP contribution in [-0.2, 0) is 0 Å². The van der Waals surface area contributed by atoms with Gasteiger partial charge in [0.25, 0.3) is 5.91 Å². The molecule has 2 heterocycles. The molecule has 0 aliphatic rings. The Morgan fingerprint density at radius 3 is 2.44 bits per heavy atom. The van der Waals surface area contributed by atoms with E-state index in [9.17, 15) is 9.59 Å². The molecule has 8 nitrogen and oxygen atoms in total. The molecule has 0 amide bonds. The van der Waals surface area contributed by atoms with Crippen LogP contribution < -0.4 is 9.47 Å². The largest absolute Gasteiger partial charge is 0.492 e. The van der Waals surface area contributed by atoms with Crippen LogP contribution in [0.2, 0.25) is 0 Å². The van der Waals surface area contributed by atoms with E-state index >= 15 is 0 Å². The van der Waals surface area contributed by atoms with E-state index in [0.29, 0.717) is 11.3 Å². The van der Waals surface area contributed by atoms with Gasteiger partial charge < -0.3 is 9.47 Å². The van der Waals surface area contributed by atoms with E-state index in [1.807, 2.05) is 0 Å². The van der Waals surface area contributed by atoms with Gasteiger partial charge in [-0.15, -0.1) is 0 Å². The Balaban J connectivity index is 1.83. The van der Waals surface area contributed by atoms with Crippen molar-refractivity contribution >= 4 is 18.1 Å². The zero-order chi connectivity index (χ0) is 17.6. The summed E-state index contributed by atoms with van der Waals surface area (Å²) in [4.78, 5) is 31.7. The summed E-state index contributed by atoms with van der Waals surface area (Å²) in [5.74, 6) is 0.310. The van der Waals surface area contributed by atoms with Crippen molar-refractivity contribution in [1.29, 1.82) is 0 Å². The normalized spacial score (nSPS) is 10.8. The molecule has 2 aromatic heterocycles. The molecular weight excluding hydrogens is 324 g/mol. The maximum atomic E-state index is 12.0. The molecule has 0 N–H and O–H groups in total. The molecule has 0 unspecified atom stereocenters. The molecule has 25 heavy (non-hydrogen) atoms. The van der Waals surface area contributed by atoms with Gasteiger partial charge >= 0.3 is 6.09 Å². The van der Waals surface area contributed by atoms with Crippen molar-refractivity contribution in [3.05, 3.63) is 67.3 Å². The average molecular weight is 338 g/mol. The molecule has 8 heteroatoms. The number of nitrogens with zero attached hydrogens (tertiary/aromatic N) is 4. The fourth-order valence-electron chi connectivity index (χ4n) is 2.11. The monoisotopic (exact) mass is 338 g/mol. The number of hydrogen-bond donors (Lipinski definition) is 0. The number of imidazole rings is 2. The third kappa shape index (κ3) is 3.63. The maximum Gasteiger partial charge on any atom is 0.424 e. The topological polar surface area (TPSA) is 88.2 Å². The molecule has 3 aromatic rings. The van der Waals surface area contributed by atoms with Gasteiger partial charge in [0.2, 0.25) is 0 Å². The van der Waals surface area contributed by atoms with E-state index in [-0.39, 0.29) is 11.7 Å². The SMILES string of the molecule is COc1c(/C=C/C(=O)n2ccnc2)cccc1OC(=O)n1ccnc1. The Morgan fingerprint density at radius 1 is 1.08 bits per heavy atom. The van der Waals surface area contributed by atoms with Crippen LogP contribution in [0, 0.1) is 0 Å². The molecule has 0 spiro atoms. The first kappa shape index (κ1) is 16.2. The Bertz CT molecular complexity index is 899. The van der Waals surface area contributed by atoms with Gasteiger partial charge in [-0.2, -0.15) is 0 Å². The summed E-state index contributed by atoms with van der Waals surface area (Å²) >= 11 is 0. The van der Waals surface area contributed by atoms with Gasteiger partial charge in [-0.1, -0.05) is 12.1 Å². The molecule has 0 radical (unpaired) electrons. The van der Waals surface area contributed by atoms with Crippen molar-refractivity contribution in [2.45, 2.75) is 0 Å². The average Bonchev–Trinajstić information content (AvgIpc) is 3.33. The van der Waals surface area contributed by atoms with Crippen LogP contribution in [0.25, 0.3) is 6.08 Å². The number of hydrogen-bond acceptors (Lipinski definition) is 6. The van der Waals surface area contributed by atoms with Crippen LogP contribution in [0.1, 0.15) is 10.4 Å². The molecule has 0 saturated carbocycles. The van der Waals surface area contributed by atoms with Crippen molar-refractivity contribution in [1.82, 2.24) is 19.1 Å². The second kappa shape index (κ2) is 7.26. The number of allylic oxidation sites excluding steroid dienone is 1. The minimum atomic E-state index is -0.619. The Kier molecular flexibility index (Phi) is 4.70. The van der Waals surface area contributed by atoms with Gasteiger partial charge in [-0.05, 0) is 12.1 Å². The number of benzene rings is 1. The van der Waals surface area contributed by atoms with E-state index in [0.717, 1.165) is 0 Å². The molecule has 126 valence electrons. The lowest BCUT2D eigenvalue weighted by Crippen LogP contribution is -2.15. The van der Waals surface area contributed by atoms with Gasteiger partial charge in [-0.25, -0.2) is 19.3 Å². The van der Waals surface area contributed by atoms with Crippen LogP contribution >= 0.6 is 0 Å². The highest BCUT2D eigenvalue weighted by molar-refractivity contribution is 5.94. The summed E-state index contributed by atoms with van der Waals surface area (Å²) in [7, 11) is 1.46. The van der Waals surface area contributed by atoms with Crippen LogP contribution in [0.4, 0.5) is 4.79 Å². The first-order chi connectivity index (χ1) is 12.2. The number of carbonyl (C=O) groups is 2. The summed E-state index contributed by atoms with van der Waals surface area (Å²) in [6, 6.07) is 5.04. The Hall–Kier alpha value is -3.68. The number of ether oxygens (including phenoxy) is 2. The number of carbonyl (C=O) groups excluding carboxylic acids is 2. The Labute approximate surface area is 143 Å². The molecule has 0 aliphatic carbocycles.